The number of piperidine rings is 1. The summed E-state index contributed by atoms with van der Waals surface area (Å²) in [4.78, 5) is 14.3. The Bertz CT molecular complexity index is 523. The molecule has 0 unspecified atom stereocenters. The first-order chi connectivity index (χ1) is 9.81. The van der Waals surface area contributed by atoms with Crippen molar-refractivity contribution in [2.45, 2.75) is 44.2 Å². The standard InChI is InChI=1S/C17H22N2O/c20-17-15-5-2-8-19(16(15)10-18-17)11-12-3-1-4-14(9-12)13-6-7-13/h1,3-4,9,13,15-16H,2,5-8,10-11H2,(H,18,20)/t15-,16-/m1/s1. The maximum absolute atomic E-state index is 11.8. The van der Waals surface area contributed by atoms with E-state index in [1.165, 1.54) is 24.0 Å². The Morgan fingerprint density at radius 3 is 3.00 bits per heavy atom. The van der Waals surface area contributed by atoms with Gasteiger partial charge in [-0.25, -0.2) is 0 Å². The smallest absolute Gasteiger partial charge is 0.224 e. The number of amides is 1. The molecule has 1 amide bonds. The van der Waals surface area contributed by atoms with Crippen LogP contribution >= 0.6 is 0 Å². The van der Waals surface area contributed by atoms with E-state index in [4.69, 9.17) is 0 Å². The lowest BCUT2D eigenvalue weighted by molar-refractivity contribution is -0.124. The number of fused-ring (bicyclic) bond motifs is 1. The normalized spacial score (nSPS) is 30.1. The van der Waals surface area contributed by atoms with Gasteiger partial charge in [0.05, 0.1) is 5.92 Å². The third kappa shape index (κ3) is 2.24. The van der Waals surface area contributed by atoms with Crippen molar-refractivity contribution in [2.24, 2.45) is 5.92 Å². The van der Waals surface area contributed by atoms with Gasteiger partial charge < -0.3 is 5.32 Å². The average molecular weight is 270 g/mol. The van der Waals surface area contributed by atoms with Gasteiger partial charge in [0.1, 0.15) is 0 Å². The van der Waals surface area contributed by atoms with Crippen molar-refractivity contribution >= 4 is 5.91 Å². The minimum atomic E-state index is 0.232. The second kappa shape index (κ2) is 4.88. The molecule has 3 fully saturated rings. The van der Waals surface area contributed by atoms with E-state index in [1.807, 2.05) is 0 Å². The molecule has 2 saturated heterocycles. The van der Waals surface area contributed by atoms with Gasteiger partial charge in [-0.1, -0.05) is 24.3 Å². The SMILES string of the molecule is O=C1NC[C@@H]2[C@H]1CCCN2Cc1cccc(C2CC2)c1. The lowest BCUT2D eigenvalue weighted by atomic mass is 9.91. The van der Waals surface area contributed by atoms with Gasteiger partial charge in [0.2, 0.25) is 5.91 Å². The summed E-state index contributed by atoms with van der Waals surface area (Å²) in [5.41, 5.74) is 2.92. The number of nitrogens with one attached hydrogen (secondary N) is 1. The number of likely N-dealkylation sites (tertiary alicyclic amines) is 1. The topological polar surface area (TPSA) is 32.3 Å². The van der Waals surface area contributed by atoms with Gasteiger partial charge in [0.15, 0.2) is 0 Å². The molecule has 3 nitrogen and oxygen atoms in total. The van der Waals surface area contributed by atoms with Crippen molar-refractivity contribution in [1.82, 2.24) is 10.2 Å². The summed E-state index contributed by atoms with van der Waals surface area (Å²) in [7, 11) is 0. The number of rotatable bonds is 3. The van der Waals surface area contributed by atoms with Gasteiger partial charge in [-0.2, -0.15) is 0 Å². The minimum Gasteiger partial charge on any atom is -0.354 e. The van der Waals surface area contributed by atoms with E-state index in [0.29, 0.717) is 6.04 Å². The molecule has 3 heteroatoms. The van der Waals surface area contributed by atoms with Crippen LogP contribution in [0.2, 0.25) is 0 Å². The van der Waals surface area contributed by atoms with Crippen LogP contribution in [0.25, 0.3) is 0 Å². The largest absolute Gasteiger partial charge is 0.354 e. The van der Waals surface area contributed by atoms with E-state index in [1.54, 1.807) is 0 Å². The molecular formula is C17H22N2O. The van der Waals surface area contributed by atoms with Crippen molar-refractivity contribution in [3.63, 3.8) is 0 Å². The van der Waals surface area contributed by atoms with Crippen LogP contribution in [-0.4, -0.2) is 29.9 Å². The van der Waals surface area contributed by atoms with Crippen molar-refractivity contribution in [3.8, 4) is 0 Å². The van der Waals surface area contributed by atoms with Crippen molar-refractivity contribution in [3.05, 3.63) is 35.4 Å². The Kier molecular flexibility index (Phi) is 3.03. The highest BCUT2D eigenvalue weighted by Crippen LogP contribution is 2.40. The number of hydrogen-bond acceptors (Lipinski definition) is 2. The number of nitrogens with zero attached hydrogens (tertiary/aromatic N) is 1. The number of benzene rings is 1. The predicted molar refractivity (Wildman–Crippen MR) is 78.3 cm³/mol. The van der Waals surface area contributed by atoms with Gasteiger partial charge in [0.25, 0.3) is 0 Å². The quantitative estimate of drug-likeness (QED) is 0.914. The number of carbonyl (C=O) groups is 1. The Morgan fingerprint density at radius 1 is 1.25 bits per heavy atom. The fourth-order valence-electron chi connectivity index (χ4n) is 3.83. The molecule has 3 aliphatic rings. The molecule has 2 aliphatic heterocycles. The van der Waals surface area contributed by atoms with Crippen LogP contribution in [-0.2, 0) is 11.3 Å². The highest BCUT2D eigenvalue weighted by Gasteiger charge is 2.40. The summed E-state index contributed by atoms with van der Waals surface area (Å²) in [5, 5.41) is 3.04. The number of hydrogen-bond donors (Lipinski definition) is 1. The second-order valence-corrected chi connectivity index (χ2v) is 6.55. The molecular weight excluding hydrogens is 248 g/mol. The van der Waals surface area contributed by atoms with Gasteiger partial charge in [-0.15, -0.1) is 0 Å². The molecule has 0 aromatic heterocycles. The molecule has 1 aromatic carbocycles. The van der Waals surface area contributed by atoms with E-state index < -0.39 is 0 Å². The van der Waals surface area contributed by atoms with E-state index in [-0.39, 0.29) is 11.8 Å². The molecule has 1 N–H and O–H groups in total. The zero-order valence-corrected chi connectivity index (χ0v) is 11.8. The van der Waals surface area contributed by atoms with Crippen LogP contribution in [0.1, 0.15) is 42.7 Å². The number of carbonyl (C=O) groups excluding carboxylic acids is 1. The third-order valence-corrected chi connectivity index (χ3v) is 5.10. The zero-order valence-electron chi connectivity index (χ0n) is 11.8. The molecule has 106 valence electrons. The van der Waals surface area contributed by atoms with Gasteiger partial charge in [-0.3, -0.25) is 9.69 Å². The van der Waals surface area contributed by atoms with Crippen molar-refractivity contribution in [1.29, 1.82) is 0 Å². The monoisotopic (exact) mass is 270 g/mol. The Balaban J connectivity index is 1.50. The summed E-state index contributed by atoms with van der Waals surface area (Å²) in [6.45, 7) is 2.96. The maximum Gasteiger partial charge on any atom is 0.224 e. The van der Waals surface area contributed by atoms with Crippen LogP contribution in [0.5, 0.6) is 0 Å². The van der Waals surface area contributed by atoms with Gasteiger partial charge in [0, 0.05) is 19.1 Å². The van der Waals surface area contributed by atoms with Crippen molar-refractivity contribution in [2.75, 3.05) is 13.1 Å². The summed E-state index contributed by atoms with van der Waals surface area (Å²) < 4.78 is 0. The van der Waals surface area contributed by atoms with E-state index in [9.17, 15) is 4.79 Å². The van der Waals surface area contributed by atoms with Gasteiger partial charge >= 0.3 is 0 Å². The van der Waals surface area contributed by atoms with Crippen LogP contribution in [0.3, 0.4) is 0 Å². The third-order valence-electron chi connectivity index (χ3n) is 5.10. The molecule has 2 heterocycles. The second-order valence-electron chi connectivity index (χ2n) is 6.55. The minimum absolute atomic E-state index is 0.232. The molecule has 0 spiro atoms. The average Bonchev–Trinajstić information content (AvgIpc) is 3.25. The van der Waals surface area contributed by atoms with E-state index in [2.05, 4.69) is 34.5 Å². The van der Waals surface area contributed by atoms with Crippen LogP contribution in [0, 0.1) is 5.92 Å². The first-order valence-corrected chi connectivity index (χ1v) is 7.92. The van der Waals surface area contributed by atoms with E-state index >= 15 is 0 Å². The first kappa shape index (κ1) is 12.4. The van der Waals surface area contributed by atoms with Crippen LogP contribution < -0.4 is 5.32 Å². The fraction of sp³-hybridized carbons (Fsp3) is 0.588. The molecule has 2 atom stereocenters. The highest BCUT2D eigenvalue weighted by atomic mass is 16.2. The molecule has 1 saturated carbocycles. The molecule has 0 bridgehead atoms. The fourth-order valence-corrected chi connectivity index (χ4v) is 3.83. The Hall–Kier alpha value is -1.35. The highest BCUT2D eigenvalue weighted by molar-refractivity contribution is 5.82. The first-order valence-electron chi connectivity index (χ1n) is 7.92. The molecule has 0 radical (unpaired) electrons. The summed E-state index contributed by atoms with van der Waals surface area (Å²) >= 11 is 0. The maximum atomic E-state index is 11.8. The van der Waals surface area contributed by atoms with Crippen LogP contribution in [0.15, 0.2) is 24.3 Å². The summed E-state index contributed by atoms with van der Waals surface area (Å²) in [6.07, 6.45) is 4.93. The Morgan fingerprint density at radius 2 is 2.15 bits per heavy atom. The Labute approximate surface area is 120 Å². The van der Waals surface area contributed by atoms with Crippen molar-refractivity contribution < 1.29 is 4.79 Å². The molecule has 1 aliphatic carbocycles. The zero-order chi connectivity index (χ0) is 13.5. The van der Waals surface area contributed by atoms with E-state index in [0.717, 1.165) is 38.4 Å². The van der Waals surface area contributed by atoms with Gasteiger partial charge in [-0.05, 0) is 49.3 Å². The van der Waals surface area contributed by atoms with Crippen LogP contribution in [0.4, 0.5) is 0 Å². The lowest BCUT2D eigenvalue weighted by Gasteiger charge is -2.35. The summed E-state index contributed by atoms with van der Waals surface area (Å²) in [5.74, 6) is 1.32. The molecule has 4 rings (SSSR count). The molecule has 1 aromatic rings. The summed E-state index contributed by atoms with van der Waals surface area (Å²) in [6, 6.07) is 9.50. The molecule has 20 heavy (non-hydrogen) atoms. The predicted octanol–water partition coefficient (Wildman–Crippen LogP) is 2.27. The lowest BCUT2D eigenvalue weighted by Crippen LogP contribution is -2.44.